The van der Waals surface area contributed by atoms with E-state index in [0.717, 1.165) is 25.1 Å². The van der Waals surface area contributed by atoms with Gasteiger partial charge in [-0.25, -0.2) is 4.98 Å². The van der Waals surface area contributed by atoms with Crippen LogP contribution >= 0.6 is 11.3 Å². The van der Waals surface area contributed by atoms with Crippen molar-refractivity contribution >= 4 is 28.3 Å². The fourth-order valence-electron chi connectivity index (χ4n) is 2.37. The molecule has 1 aromatic rings. The molecule has 0 saturated carbocycles. The quantitative estimate of drug-likeness (QED) is 0.853. The monoisotopic (exact) mass is 297 g/mol. The topological polar surface area (TPSA) is 71.5 Å². The molecule has 2 heterocycles. The van der Waals surface area contributed by atoms with Gasteiger partial charge >= 0.3 is 5.97 Å². The molecule has 1 aliphatic heterocycles. The lowest BCUT2D eigenvalue weighted by Gasteiger charge is -2.30. The van der Waals surface area contributed by atoms with Gasteiger partial charge in [-0.3, -0.25) is 14.5 Å². The summed E-state index contributed by atoms with van der Waals surface area (Å²) in [6.45, 7) is 3.83. The van der Waals surface area contributed by atoms with Crippen molar-refractivity contribution in [3.05, 3.63) is 11.1 Å². The number of methoxy groups -OCH3 is 1. The molecule has 0 radical (unpaired) electrons. The van der Waals surface area contributed by atoms with Crippen molar-refractivity contribution in [2.24, 2.45) is 5.92 Å². The lowest BCUT2D eigenvalue weighted by atomic mass is 9.98. The number of carbonyl (C=O) groups excluding carboxylic acids is 2. The summed E-state index contributed by atoms with van der Waals surface area (Å²) in [4.78, 5) is 29.1. The lowest BCUT2D eigenvalue weighted by Crippen LogP contribution is -2.38. The molecule has 7 heteroatoms. The number of ether oxygens (including phenoxy) is 1. The number of hydrogen-bond acceptors (Lipinski definition) is 6. The van der Waals surface area contributed by atoms with E-state index >= 15 is 0 Å². The molecule has 0 bridgehead atoms. The molecule has 0 unspecified atom stereocenters. The molecule has 1 fully saturated rings. The standard InChI is InChI=1S/C13H19N3O3S/c1-9(17)14-13-15-11(8-20-13)7-16-5-3-4-10(6-16)12(18)19-2/h8,10H,3-7H2,1-2H3,(H,14,15,17)/t10-/m0/s1. The molecule has 1 aromatic heterocycles. The third-order valence-electron chi connectivity index (χ3n) is 3.26. The molecule has 6 nitrogen and oxygen atoms in total. The zero-order valence-electron chi connectivity index (χ0n) is 11.7. The maximum atomic E-state index is 11.6. The highest BCUT2D eigenvalue weighted by molar-refractivity contribution is 7.13. The SMILES string of the molecule is COC(=O)[C@H]1CCCN(Cc2csc(NC(C)=O)n2)C1. The summed E-state index contributed by atoms with van der Waals surface area (Å²) in [6.07, 6.45) is 1.87. The van der Waals surface area contributed by atoms with Crippen LogP contribution in [0.5, 0.6) is 0 Å². The molecule has 20 heavy (non-hydrogen) atoms. The molecule has 1 amide bonds. The number of nitrogens with zero attached hydrogens (tertiary/aromatic N) is 2. The average Bonchev–Trinajstić information content (AvgIpc) is 2.84. The van der Waals surface area contributed by atoms with E-state index < -0.39 is 0 Å². The van der Waals surface area contributed by atoms with Crippen LogP contribution in [0.3, 0.4) is 0 Å². The molecular formula is C13H19N3O3S. The number of piperidine rings is 1. The van der Waals surface area contributed by atoms with Gasteiger partial charge in [0.05, 0.1) is 18.7 Å². The van der Waals surface area contributed by atoms with E-state index in [9.17, 15) is 9.59 Å². The van der Waals surface area contributed by atoms with Gasteiger partial charge in [-0.1, -0.05) is 0 Å². The normalized spacial score (nSPS) is 19.6. The first kappa shape index (κ1) is 14.9. The van der Waals surface area contributed by atoms with Crippen LogP contribution in [-0.4, -0.2) is 42.0 Å². The number of esters is 1. The third kappa shape index (κ3) is 4.01. The Bertz CT molecular complexity index is 489. The zero-order chi connectivity index (χ0) is 14.5. The summed E-state index contributed by atoms with van der Waals surface area (Å²) in [5.74, 6) is -0.288. The second-order valence-electron chi connectivity index (χ2n) is 4.92. The van der Waals surface area contributed by atoms with Gasteiger partial charge in [0.2, 0.25) is 5.91 Å². The first-order chi connectivity index (χ1) is 9.58. The van der Waals surface area contributed by atoms with Crippen molar-refractivity contribution < 1.29 is 14.3 Å². The van der Waals surface area contributed by atoms with Crippen molar-refractivity contribution in [2.45, 2.75) is 26.3 Å². The number of anilines is 1. The Morgan fingerprint density at radius 3 is 3.10 bits per heavy atom. The van der Waals surface area contributed by atoms with E-state index in [-0.39, 0.29) is 17.8 Å². The summed E-state index contributed by atoms with van der Waals surface area (Å²) in [5, 5.41) is 5.23. The smallest absolute Gasteiger partial charge is 0.309 e. The van der Waals surface area contributed by atoms with Gasteiger partial charge in [-0.2, -0.15) is 0 Å². The molecule has 1 atom stereocenters. The van der Waals surface area contributed by atoms with E-state index in [4.69, 9.17) is 4.74 Å². The van der Waals surface area contributed by atoms with Crippen LogP contribution in [-0.2, 0) is 20.9 Å². The molecule has 0 aromatic carbocycles. The van der Waals surface area contributed by atoms with Gasteiger partial charge < -0.3 is 10.1 Å². The number of carbonyl (C=O) groups is 2. The molecule has 1 saturated heterocycles. The highest BCUT2D eigenvalue weighted by Crippen LogP contribution is 2.21. The summed E-state index contributed by atoms with van der Waals surface area (Å²) >= 11 is 1.42. The van der Waals surface area contributed by atoms with Gasteiger partial charge in [-0.15, -0.1) is 11.3 Å². The molecule has 0 aliphatic carbocycles. The van der Waals surface area contributed by atoms with E-state index in [1.165, 1.54) is 25.4 Å². The minimum atomic E-state index is -0.132. The maximum absolute atomic E-state index is 11.6. The Kier molecular flexibility index (Phi) is 5.08. The number of nitrogens with one attached hydrogen (secondary N) is 1. The number of thiazole rings is 1. The van der Waals surface area contributed by atoms with Crippen molar-refractivity contribution in [3.63, 3.8) is 0 Å². The van der Waals surface area contributed by atoms with Gasteiger partial charge in [0.25, 0.3) is 0 Å². The summed E-state index contributed by atoms with van der Waals surface area (Å²) in [6, 6.07) is 0. The highest BCUT2D eigenvalue weighted by atomic mass is 32.1. The van der Waals surface area contributed by atoms with Crippen molar-refractivity contribution in [1.82, 2.24) is 9.88 Å². The van der Waals surface area contributed by atoms with Gasteiger partial charge in [0.1, 0.15) is 0 Å². The minimum Gasteiger partial charge on any atom is -0.469 e. The Morgan fingerprint density at radius 1 is 1.60 bits per heavy atom. The average molecular weight is 297 g/mol. The molecule has 1 N–H and O–H groups in total. The van der Waals surface area contributed by atoms with Gasteiger partial charge in [0.15, 0.2) is 5.13 Å². The molecule has 1 aliphatic rings. The number of aromatic nitrogens is 1. The first-order valence-electron chi connectivity index (χ1n) is 6.60. The number of rotatable bonds is 4. The number of hydrogen-bond donors (Lipinski definition) is 1. The zero-order valence-corrected chi connectivity index (χ0v) is 12.5. The number of amides is 1. The largest absolute Gasteiger partial charge is 0.469 e. The van der Waals surface area contributed by atoms with Crippen molar-refractivity contribution in [2.75, 3.05) is 25.5 Å². The van der Waals surface area contributed by atoms with Crippen LogP contribution in [0.2, 0.25) is 0 Å². The highest BCUT2D eigenvalue weighted by Gasteiger charge is 2.26. The van der Waals surface area contributed by atoms with E-state index in [1.54, 1.807) is 0 Å². The second kappa shape index (κ2) is 6.81. The summed E-state index contributed by atoms with van der Waals surface area (Å²) < 4.78 is 4.81. The molecular weight excluding hydrogens is 278 g/mol. The summed E-state index contributed by atoms with van der Waals surface area (Å²) in [7, 11) is 1.43. The van der Waals surface area contributed by atoms with Crippen LogP contribution in [0.4, 0.5) is 5.13 Å². The molecule has 0 spiro atoms. The fourth-order valence-corrected chi connectivity index (χ4v) is 3.12. The van der Waals surface area contributed by atoms with Crippen LogP contribution in [0, 0.1) is 5.92 Å². The summed E-state index contributed by atoms with van der Waals surface area (Å²) in [5.41, 5.74) is 0.921. The molecule has 110 valence electrons. The van der Waals surface area contributed by atoms with E-state index in [1.807, 2.05) is 5.38 Å². The van der Waals surface area contributed by atoms with Crippen LogP contribution in [0.15, 0.2) is 5.38 Å². The van der Waals surface area contributed by atoms with Gasteiger partial charge in [0, 0.05) is 25.4 Å². The van der Waals surface area contributed by atoms with Crippen molar-refractivity contribution in [3.8, 4) is 0 Å². The fraction of sp³-hybridized carbons (Fsp3) is 0.615. The Hall–Kier alpha value is -1.47. The second-order valence-corrected chi connectivity index (χ2v) is 5.78. The van der Waals surface area contributed by atoms with Crippen molar-refractivity contribution in [1.29, 1.82) is 0 Å². The van der Waals surface area contributed by atoms with E-state index in [2.05, 4.69) is 15.2 Å². The third-order valence-corrected chi connectivity index (χ3v) is 4.07. The van der Waals surface area contributed by atoms with E-state index in [0.29, 0.717) is 18.2 Å². The van der Waals surface area contributed by atoms with Crippen LogP contribution < -0.4 is 5.32 Å². The Labute approximate surface area is 122 Å². The predicted molar refractivity (Wildman–Crippen MR) is 76.4 cm³/mol. The maximum Gasteiger partial charge on any atom is 0.309 e. The minimum absolute atomic E-state index is 0.0396. The number of likely N-dealkylation sites (tertiary alicyclic amines) is 1. The van der Waals surface area contributed by atoms with Crippen LogP contribution in [0.25, 0.3) is 0 Å². The Balaban J connectivity index is 1.90. The predicted octanol–water partition coefficient (Wildman–Crippen LogP) is 1.49. The lowest BCUT2D eigenvalue weighted by molar-refractivity contribution is -0.147. The van der Waals surface area contributed by atoms with Crippen LogP contribution in [0.1, 0.15) is 25.5 Å². The molecule has 2 rings (SSSR count). The first-order valence-corrected chi connectivity index (χ1v) is 7.48. The van der Waals surface area contributed by atoms with Gasteiger partial charge in [-0.05, 0) is 19.4 Å². The Morgan fingerprint density at radius 2 is 2.40 bits per heavy atom.